The van der Waals surface area contributed by atoms with Crippen LogP contribution < -0.4 is 5.32 Å². The van der Waals surface area contributed by atoms with E-state index in [1.807, 2.05) is 6.92 Å². The predicted octanol–water partition coefficient (Wildman–Crippen LogP) is 1.56. The molecule has 1 atom stereocenters. The lowest BCUT2D eigenvalue weighted by atomic mass is 9.96. The molecular formula is C15H28N2O3. The fraction of sp³-hybridized carbons (Fsp3) is 0.867. The maximum absolute atomic E-state index is 12.4. The highest BCUT2D eigenvalue weighted by atomic mass is 16.5. The lowest BCUT2D eigenvalue weighted by molar-refractivity contribution is -0.154. The summed E-state index contributed by atoms with van der Waals surface area (Å²) in [6, 6.07) is -0.371. The Bertz CT molecular complexity index is 353. The first-order valence-corrected chi connectivity index (χ1v) is 7.50. The van der Waals surface area contributed by atoms with Gasteiger partial charge >= 0.3 is 0 Å². The molecule has 0 aromatic heterocycles. The summed E-state index contributed by atoms with van der Waals surface area (Å²) in [5.74, 6) is 0.510. The number of rotatable bonds is 7. The van der Waals surface area contributed by atoms with Gasteiger partial charge in [0.25, 0.3) is 0 Å². The first-order chi connectivity index (χ1) is 9.29. The van der Waals surface area contributed by atoms with Crippen LogP contribution in [0, 0.1) is 5.92 Å². The van der Waals surface area contributed by atoms with Gasteiger partial charge in [-0.2, -0.15) is 0 Å². The molecule has 0 aromatic rings. The molecule has 1 aliphatic heterocycles. The summed E-state index contributed by atoms with van der Waals surface area (Å²) in [4.78, 5) is 26.1. The van der Waals surface area contributed by atoms with Crippen molar-refractivity contribution in [2.45, 2.75) is 59.0 Å². The van der Waals surface area contributed by atoms with Crippen molar-refractivity contribution in [3.8, 4) is 0 Å². The number of hydrogen-bond acceptors (Lipinski definition) is 3. The molecule has 0 aliphatic carbocycles. The average Bonchev–Trinajstić information content (AvgIpc) is 2.33. The predicted molar refractivity (Wildman–Crippen MR) is 78.3 cm³/mol. The van der Waals surface area contributed by atoms with Gasteiger partial charge in [-0.25, -0.2) is 0 Å². The molecule has 0 bridgehead atoms. The standard InChI is InChI=1S/C15H28N2O3/c1-6-12-13(18)16-15(4,5)14(19)17(12)8-10-20-9-7-11(2)3/h11-12H,6-10H2,1-5H3,(H,16,18). The SMILES string of the molecule is CCC1C(=O)NC(C)(C)C(=O)N1CCOCCC(C)C. The Morgan fingerprint density at radius 3 is 2.50 bits per heavy atom. The van der Waals surface area contributed by atoms with Crippen molar-refractivity contribution in [2.75, 3.05) is 19.8 Å². The molecular weight excluding hydrogens is 256 g/mol. The normalized spacial score (nSPS) is 22.3. The van der Waals surface area contributed by atoms with Crippen LogP contribution in [-0.2, 0) is 14.3 Å². The molecule has 116 valence electrons. The third kappa shape index (κ3) is 4.20. The van der Waals surface area contributed by atoms with Gasteiger partial charge in [0.2, 0.25) is 11.8 Å². The number of ether oxygens (including phenoxy) is 1. The van der Waals surface area contributed by atoms with Crippen LogP contribution in [0.3, 0.4) is 0 Å². The van der Waals surface area contributed by atoms with Crippen LogP contribution in [-0.4, -0.2) is 48.1 Å². The van der Waals surface area contributed by atoms with Gasteiger partial charge in [0.1, 0.15) is 11.6 Å². The molecule has 1 unspecified atom stereocenters. The second-order valence-corrected chi connectivity index (χ2v) is 6.33. The number of carbonyl (C=O) groups is 2. The van der Waals surface area contributed by atoms with Crippen LogP contribution in [0.2, 0.25) is 0 Å². The summed E-state index contributed by atoms with van der Waals surface area (Å²) >= 11 is 0. The molecule has 1 heterocycles. The first kappa shape index (κ1) is 17.0. The van der Waals surface area contributed by atoms with E-state index in [9.17, 15) is 9.59 Å². The zero-order valence-corrected chi connectivity index (χ0v) is 13.4. The Morgan fingerprint density at radius 1 is 1.30 bits per heavy atom. The minimum Gasteiger partial charge on any atom is -0.380 e. The van der Waals surface area contributed by atoms with Crippen LogP contribution in [0.4, 0.5) is 0 Å². The van der Waals surface area contributed by atoms with Crippen LogP contribution in [0.25, 0.3) is 0 Å². The third-order valence-electron chi connectivity index (χ3n) is 3.61. The van der Waals surface area contributed by atoms with E-state index < -0.39 is 5.54 Å². The minimum atomic E-state index is -0.819. The van der Waals surface area contributed by atoms with Crippen LogP contribution in [0.1, 0.15) is 47.5 Å². The molecule has 0 radical (unpaired) electrons. The molecule has 20 heavy (non-hydrogen) atoms. The number of piperazine rings is 1. The van der Waals surface area contributed by atoms with Crippen molar-refractivity contribution in [3.05, 3.63) is 0 Å². The van der Waals surface area contributed by atoms with Crippen molar-refractivity contribution in [2.24, 2.45) is 5.92 Å². The van der Waals surface area contributed by atoms with Gasteiger partial charge in [0.15, 0.2) is 0 Å². The Morgan fingerprint density at radius 2 is 1.95 bits per heavy atom. The Labute approximate surface area is 122 Å². The van der Waals surface area contributed by atoms with Crippen molar-refractivity contribution in [1.29, 1.82) is 0 Å². The van der Waals surface area contributed by atoms with Gasteiger partial charge < -0.3 is 15.0 Å². The van der Waals surface area contributed by atoms with Crippen molar-refractivity contribution < 1.29 is 14.3 Å². The van der Waals surface area contributed by atoms with E-state index in [1.54, 1.807) is 18.7 Å². The fourth-order valence-corrected chi connectivity index (χ4v) is 2.33. The summed E-state index contributed by atoms with van der Waals surface area (Å²) in [6.07, 6.45) is 1.64. The average molecular weight is 284 g/mol. The van der Waals surface area contributed by atoms with E-state index in [4.69, 9.17) is 4.74 Å². The molecule has 1 aliphatic rings. The van der Waals surface area contributed by atoms with Crippen LogP contribution in [0.5, 0.6) is 0 Å². The highest BCUT2D eigenvalue weighted by molar-refractivity contribution is 5.99. The lowest BCUT2D eigenvalue weighted by Crippen LogP contribution is -2.68. The maximum atomic E-state index is 12.4. The van der Waals surface area contributed by atoms with E-state index in [0.717, 1.165) is 6.42 Å². The number of amides is 2. The van der Waals surface area contributed by atoms with E-state index in [2.05, 4.69) is 19.2 Å². The third-order valence-corrected chi connectivity index (χ3v) is 3.61. The van der Waals surface area contributed by atoms with Gasteiger partial charge in [0, 0.05) is 13.2 Å². The number of hydrogen-bond donors (Lipinski definition) is 1. The summed E-state index contributed by atoms with van der Waals surface area (Å²) in [5, 5.41) is 2.78. The highest BCUT2D eigenvalue weighted by Crippen LogP contribution is 2.19. The molecule has 1 saturated heterocycles. The zero-order valence-electron chi connectivity index (χ0n) is 13.4. The molecule has 5 nitrogen and oxygen atoms in total. The highest BCUT2D eigenvalue weighted by Gasteiger charge is 2.44. The summed E-state index contributed by atoms with van der Waals surface area (Å²) in [5.41, 5.74) is -0.819. The second-order valence-electron chi connectivity index (χ2n) is 6.33. The Balaban J connectivity index is 2.54. The molecule has 5 heteroatoms. The quantitative estimate of drug-likeness (QED) is 0.722. The number of nitrogens with zero attached hydrogens (tertiary/aromatic N) is 1. The van der Waals surface area contributed by atoms with Gasteiger partial charge in [-0.05, 0) is 32.6 Å². The summed E-state index contributed by atoms with van der Waals surface area (Å²) in [6.45, 7) is 11.4. The van der Waals surface area contributed by atoms with Gasteiger partial charge in [-0.1, -0.05) is 20.8 Å². The molecule has 0 saturated carbocycles. The molecule has 0 spiro atoms. The molecule has 0 aromatic carbocycles. The molecule has 1 N–H and O–H groups in total. The van der Waals surface area contributed by atoms with Crippen molar-refractivity contribution >= 4 is 11.8 Å². The second kappa shape index (κ2) is 7.07. The Hall–Kier alpha value is -1.10. The zero-order chi connectivity index (χ0) is 15.3. The maximum Gasteiger partial charge on any atom is 0.248 e. The van der Waals surface area contributed by atoms with E-state index in [-0.39, 0.29) is 17.9 Å². The summed E-state index contributed by atoms with van der Waals surface area (Å²) < 4.78 is 5.57. The minimum absolute atomic E-state index is 0.0311. The largest absolute Gasteiger partial charge is 0.380 e. The first-order valence-electron chi connectivity index (χ1n) is 7.50. The lowest BCUT2D eigenvalue weighted by Gasteiger charge is -2.42. The van der Waals surface area contributed by atoms with Crippen molar-refractivity contribution in [3.63, 3.8) is 0 Å². The van der Waals surface area contributed by atoms with Gasteiger partial charge in [0.05, 0.1) is 6.61 Å². The van der Waals surface area contributed by atoms with Gasteiger partial charge in [-0.3, -0.25) is 9.59 Å². The number of nitrogens with one attached hydrogen (secondary N) is 1. The number of carbonyl (C=O) groups excluding carboxylic acids is 2. The van der Waals surface area contributed by atoms with E-state index in [0.29, 0.717) is 32.1 Å². The monoisotopic (exact) mass is 284 g/mol. The summed E-state index contributed by atoms with van der Waals surface area (Å²) in [7, 11) is 0. The van der Waals surface area contributed by atoms with Crippen molar-refractivity contribution in [1.82, 2.24) is 10.2 Å². The topological polar surface area (TPSA) is 58.6 Å². The van der Waals surface area contributed by atoms with Gasteiger partial charge in [-0.15, -0.1) is 0 Å². The molecule has 1 fully saturated rings. The van der Waals surface area contributed by atoms with Crippen LogP contribution in [0.15, 0.2) is 0 Å². The Kier molecular flexibility index (Phi) is 5.99. The molecule has 1 rings (SSSR count). The molecule has 2 amide bonds. The van der Waals surface area contributed by atoms with E-state index in [1.165, 1.54) is 0 Å². The fourth-order valence-electron chi connectivity index (χ4n) is 2.33. The van der Waals surface area contributed by atoms with Crippen LogP contribution >= 0.6 is 0 Å². The van der Waals surface area contributed by atoms with E-state index >= 15 is 0 Å². The smallest absolute Gasteiger partial charge is 0.248 e.